The van der Waals surface area contributed by atoms with E-state index in [9.17, 15) is 0 Å². The molecule has 1 fully saturated rings. The van der Waals surface area contributed by atoms with E-state index in [1.807, 2.05) is 0 Å². The van der Waals surface area contributed by atoms with Crippen LogP contribution in [0.1, 0.15) is 30.6 Å². The molecule has 1 aromatic rings. The van der Waals surface area contributed by atoms with E-state index >= 15 is 0 Å². The minimum Gasteiger partial charge on any atom is -0.370 e. The number of aliphatic imine (C=N–C) groups is 1. The largest absolute Gasteiger partial charge is 0.370 e. The smallest absolute Gasteiger partial charge is 0.188 e. The Morgan fingerprint density at radius 3 is 2.81 bits per heavy atom. The van der Waals surface area contributed by atoms with Crippen LogP contribution in [0.2, 0.25) is 0 Å². The number of guanidine groups is 1. The fraction of sp³-hybridized carbons (Fsp3) is 0.600. The van der Waals surface area contributed by atoms with Crippen molar-refractivity contribution in [2.75, 3.05) is 13.1 Å². The molecular weight excluding hydrogens is 395 g/mol. The second-order valence-corrected chi connectivity index (χ2v) is 6.36. The van der Waals surface area contributed by atoms with E-state index in [0.717, 1.165) is 45.2 Å². The molecule has 1 saturated carbocycles. The van der Waals surface area contributed by atoms with Gasteiger partial charge in [0.25, 0.3) is 0 Å². The molecule has 0 spiro atoms. The van der Waals surface area contributed by atoms with Gasteiger partial charge in [-0.3, -0.25) is 4.99 Å². The van der Waals surface area contributed by atoms with Crippen LogP contribution < -0.4 is 11.1 Å². The van der Waals surface area contributed by atoms with Crippen LogP contribution in [0.25, 0.3) is 0 Å². The molecule has 116 valence electrons. The third-order valence-electron chi connectivity index (χ3n) is 3.81. The standard InChI is InChI=1S/C15H22N4S.HI/c16-10-12-3-5-13(6-4-12)11-19-15(17)18-8-7-14-2-1-9-20-14;/h1-2,9,12-13H,3-8,11H2,(H3,17,18,19);1H. The summed E-state index contributed by atoms with van der Waals surface area (Å²) >= 11 is 1.77. The van der Waals surface area contributed by atoms with Crippen LogP contribution in [-0.2, 0) is 6.42 Å². The number of nitrogens with one attached hydrogen (secondary N) is 1. The summed E-state index contributed by atoms with van der Waals surface area (Å²) in [5.74, 6) is 1.40. The van der Waals surface area contributed by atoms with E-state index in [1.54, 1.807) is 11.3 Å². The molecule has 0 bridgehead atoms. The lowest BCUT2D eigenvalue weighted by Gasteiger charge is -2.23. The Morgan fingerprint density at radius 1 is 1.43 bits per heavy atom. The predicted octanol–water partition coefficient (Wildman–Crippen LogP) is 3.14. The van der Waals surface area contributed by atoms with Crippen molar-refractivity contribution in [2.24, 2.45) is 22.6 Å². The fourth-order valence-electron chi connectivity index (χ4n) is 2.53. The van der Waals surface area contributed by atoms with Crippen molar-refractivity contribution < 1.29 is 0 Å². The lowest BCUT2D eigenvalue weighted by Crippen LogP contribution is -2.33. The summed E-state index contributed by atoms with van der Waals surface area (Å²) in [4.78, 5) is 5.78. The average Bonchev–Trinajstić information content (AvgIpc) is 2.99. The SMILES string of the molecule is I.N#CC1CCC(CN=C(N)NCCc2cccs2)CC1. The summed E-state index contributed by atoms with van der Waals surface area (Å²) < 4.78 is 0. The van der Waals surface area contributed by atoms with E-state index in [-0.39, 0.29) is 29.9 Å². The van der Waals surface area contributed by atoms with Crippen LogP contribution in [0.4, 0.5) is 0 Å². The highest BCUT2D eigenvalue weighted by molar-refractivity contribution is 14.0. The number of hydrogen-bond acceptors (Lipinski definition) is 3. The molecule has 1 aliphatic rings. The third-order valence-corrected chi connectivity index (χ3v) is 4.74. The Labute approximate surface area is 147 Å². The van der Waals surface area contributed by atoms with Crippen molar-refractivity contribution in [3.63, 3.8) is 0 Å². The molecule has 0 amide bonds. The van der Waals surface area contributed by atoms with Crippen molar-refractivity contribution in [1.82, 2.24) is 5.32 Å². The molecule has 0 aromatic carbocycles. The average molecular weight is 418 g/mol. The van der Waals surface area contributed by atoms with Gasteiger partial charge in [-0.2, -0.15) is 5.26 Å². The number of thiophene rings is 1. The Kier molecular flexibility index (Phi) is 8.69. The zero-order valence-corrected chi connectivity index (χ0v) is 15.3. The molecule has 0 aliphatic heterocycles. The van der Waals surface area contributed by atoms with Gasteiger partial charge in [0.1, 0.15) is 0 Å². The Hall–Kier alpha value is -0.810. The first-order valence-electron chi connectivity index (χ1n) is 7.23. The van der Waals surface area contributed by atoms with Gasteiger partial charge in [0.15, 0.2) is 5.96 Å². The third kappa shape index (κ3) is 6.66. The summed E-state index contributed by atoms with van der Waals surface area (Å²) in [6.07, 6.45) is 5.22. The van der Waals surface area contributed by atoms with Crippen LogP contribution >= 0.6 is 35.3 Å². The van der Waals surface area contributed by atoms with Crippen molar-refractivity contribution in [2.45, 2.75) is 32.1 Å². The number of nitrogens with two attached hydrogens (primary N) is 1. The summed E-state index contributed by atoms with van der Waals surface area (Å²) in [6.45, 7) is 1.62. The molecule has 1 aliphatic carbocycles. The number of nitrogens with zero attached hydrogens (tertiary/aromatic N) is 2. The fourth-order valence-corrected chi connectivity index (χ4v) is 3.24. The molecule has 6 heteroatoms. The summed E-state index contributed by atoms with van der Waals surface area (Å²) in [5, 5.41) is 14.1. The van der Waals surface area contributed by atoms with E-state index in [4.69, 9.17) is 11.0 Å². The quantitative estimate of drug-likeness (QED) is 0.438. The molecular formula is C15H23IN4S. The number of nitriles is 1. The number of halogens is 1. The van der Waals surface area contributed by atoms with E-state index in [2.05, 4.69) is 33.9 Å². The van der Waals surface area contributed by atoms with E-state index in [0.29, 0.717) is 11.9 Å². The maximum absolute atomic E-state index is 8.86. The van der Waals surface area contributed by atoms with Gasteiger partial charge in [0.2, 0.25) is 0 Å². The van der Waals surface area contributed by atoms with Gasteiger partial charge in [-0.15, -0.1) is 35.3 Å². The van der Waals surface area contributed by atoms with Crippen molar-refractivity contribution >= 4 is 41.3 Å². The molecule has 2 rings (SSSR count). The maximum atomic E-state index is 8.86. The number of hydrogen-bond donors (Lipinski definition) is 2. The van der Waals surface area contributed by atoms with Crippen LogP contribution in [0, 0.1) is 23.2 Å². The summed E-state index contributed by atoms with van der Waals surface area (Å²) in [5.41, 5.74) is 5.87. The number of rotatable bonds is 5. The van der Waals surface area contributed by atoms with E-state index in [1.165, 1.54) is 4.88 Å². The molecule has 0 saturated heterocycles. The summed E-state index contributed by atoms with van der Waals surface area (Å²) in [6, 6.07) is 6.56. The van der Waals surface area contributed by atoms with Gasteiger partial charge in [0.05, 0.1) is 6.07 Å². The summed E-state index contributed by atoms with van der Waals surface area (Å²) in [7, 11) is 0. The first-order valence-corrected chi connectivity index (χ1v) is 8.11. The lowest BCUT2D eigenvalue weighted by molar-refractivity contribution is 0.322. The first-order chi connectivity index (χ1) is 9.78. The van der Waals surface area contributed by atoms with Crippen molar-refractivity contribution in [1.29, 1.82) is 5.26 Å². The molecule has 0 radical (unpaired) electrons. The van der Waals surface area contributed by atoms with Gasteiger partial charge in [-0.1, -0.05) is 6.07 Å². The van der Waals surface area contributed by atoms with Gasteiger partial charge < -0.3 is 11.1 Å². The van der Waals surface area contributed by atoms with Crippen LogP contribution in [-0.4, -0.2) is 19.0 Å². The molecule has 0 unspecified atom stereocenters. The topological polar surface area (TPSA) is 74.2 Å². The Balaban J connectivity index is 0.00000220. The predicted molar refractivity (Wildman–Crippen MR) is 99.0 cm³/mol. The van der Waals surface area contributed by atoms with Gasteiger partial charge in [-0.05, 0) is 49.5 Å². The Morgan fingerprint density at radius 2 is 2.19 bits per heavy atom. The molecule has 1 heterocycles. The highest BCUT2D eigenvalue weighted by Crippen LogP contribution is 2.28. The second-order valence-electron chi connectivity index (χ2n) is 5.33. The van der Waals surface area contributed by atoms with Crippen LogP contribution in [0.5, 0.6) is 0 Å². The minimum atomic E-state index is 0. The Bertz CT molecular complexity index is 459. The molecule has 21 heavy (non-hydrogen) atoms. The minimum absolute atomic E-state index is 0. The molecule has 0 atom stereocenters. The highest BCUT2D eigenvalue weighted by Gasteiger charge is 2.20. The van der Waals surface area contributed by atoms with Crippen molar-refractivity contribution in [3.8, 4) is 6.07 Å². The van der Waals surface area contributed by atoms with Gasteiger partial charge in [0, 0.05) is 23.9 Å². The van der Waals surface area contributed by atoms with Crippen LogP contribution in [0.15, 0.2) is 22.5 Å². The molecule has 1 aromatic heterocycles. The van der Waals surface area contributed by atoms with Gasteiger partial charge in [-0.25, -0.2) is 0 Å². The van der Waals surface area contributed by atoms with Gasteiger partial charge >= 0.3 is 0 Å². The zero-order chi connectivity index (χ0) is 14.2. The molecule has 3 N–H and O–H groups in total. The lowest BCUT2D eigenvalue weighted by atomic mass is 9.83. The van der Waals surface area contributed by atoms with E-state index < -0.39 is 0 Å². The zero-order valence-electron chi connectivity index (χ0n) is 12.1. The second kappa shape index (κ2) is 10.0. The highest BCUT2D eigenvalue weighted by atomic mass is 127. The maximum Gasteiger partial charge on any atom is 0.188 e. The monoisotopic (exact) mass is 418 g/mol. The van der Waals surface area contributed by atoms with Crippen molar-refractivity contribution in [3.05, 3.63) is 22.4 Å². The molecule has 4 nitrogen and oxygen atoms in total. The normalized spacial score (nSPS) is 22.1. The first kappa shape index (κ1) is 18.2. The van der Waals surface area contributed by atoms with Crippen LogP contribution in [0.3, 0.4) is 0 Å².